The van der Waals surface area contributed by atoms with Crippen LogP contribution in [0.5, 0.6) is 11.5 Å². The summed E-state index contributed by atoms with van der Waals surface area (Å²) in [4.78, 5) is 4.15. The lowest BCUT2D eigenvalue weighted by Gasteiger charge is -2.11. The molecule has 3 aromatic rings. The summed E-state index contributed by atoms with van der Waals surface area (Å²) in [7, 11) is 1.63. The van der Waals surface area contributed by atoms with Crippen molar-refractivity contribution in [1.82, 2.24) is 4.98 Å². The Labute approximate surface area is 147 Å². The molecular formula is C20H19N3O2. The maximum Gasteiger partial charge on any atom is 0.162 e. The molecule has 25 heavy (non-hydrogen) atoms. The van der Waals surface area contributed by atoms with E-state index in [-0.39, 0.29) is 0 Å². The predicted octanol–water partition coefficient (Wildman–Crippen LogP) is 4.12. The number of nitrogens with zero attached hydrogens (tertiary/aromatic N) is 2. The number of nitrogens with one attached hydrogen (secondary N) is 1. The third kappa shape index (κ3) is 4.81. The highest BCUT2D eigenvalue weighted by Crippen LogP contribution is 2.28. The van der Waals surface area contributed by atoms with E-state index in [1.165, 1.54) is 0 Å². The van der Waals surface area contributed by atoms with Crippen molar-refractivity contribution in [3.8, 4) is 11.5 Å². The van der Waals surface area contributed by atoms with Gasteiger partial charge in [-0.15, -0.1) is 0 Å². The number of anilines is 1. The molecule has 0 amide bonds. The first-order chi connectivity index (χ1) is 12.3. The quantitative estimate of drug-likeness (QED) is 0.522. The molecule has 0 fully saturated rings. The molecule has 0 atom stereocenters. The van der Waals surface area contributed by atoms with Gasteiger partial charge in [0.1, 0.15) is 12.4 Å². The first-order valence-electron chi connectivity index (χ1n) is 7.90. The van der Waals surface area contributed by atoms with Gasteiger partial charge in [0, 0.05) is 6.20 Å². The van der Waals surface area contributed by atoms with Crippen molar-refractivity contribution < 1.29 is 9.47 Å². The summed E-state index contributed by atoms with van der Waals surface area (Å²) in [6.45, 7) is 0.476. The Morgan fingerprint density at radius 2 is 1.84 bits per heavy atom. The van der Waals surface area contributed by atoms with Crippen LogP contribution in [0.3, 0.4) is 0 Å². The minimum Gasteiger partial charge on any atom is -0.493 e. The molecule has 0 saturated heterocycles. The number of hydrogen-bond acceptors (Lipinski definition) is 5. The molecule has 0 bridgehead atoms. The van der Waals surface area contributed by atoms with Gasteiger partial charge >= 0.3 is 0 Å². The average Bonchev–Trinajstić information content (AvgIpc) is 2.68. The Hall–Kier alpha value is -3.34. The van der Waals surface area contributed by atoms with Crippen LogP contribution in [0, 0.1) is 0 Å². The van der Waals surface area contributed by atoms with Gasteiger partial charge in [-0.2, -0.15) is 5.10 Å². The molecule has 0 radical (unpaired) electrons. The number of pyridine rings is 1. The fraction of sp³-hybridized carbons (Fsp3) is 0.100. The zero-order valence-corrected chi connectivity index (χ0v) is 13.9. The summed E-state index contributed by atoms with van der Waals surface area (Å²) in [5.41, 5.74) is 4.88. The van der Waals surface area contributed by atoms with Crippen molar-refractivity contribution in [1.29, 1.82) is 0 Å². The number of ether oxygens (including phenoxy) is 2. The van der Waals surface area contributed by atoms with Crippen molar-refractivity contribution in [2.45, 2.75) is 6.61 Å². The van der Waals surface area contributed by atoms with Crippen LogP contribution >= 0.6 is 0 Å². The van der Waals surface area contributed by atoms with Gasteiger partial charge in [-0.3, -0.25) is 5.43 Å². The predicted molar refractivity (Wildman–Crippen MR) is 99.2 cm³/mol. The van der Waals surface area contributed by atoms with Crippen molar-refractivity contribution in [2.24, 2.45) is 5.10 Å². The van der Waals surface area contributed by atoms with Crippen molar-refractivity contribution >= 4 is 12.0 Å². The van der Waals surface area contributed by atoms with E-state index in [9.17, 15) is 0 Å². The summed E-state index contributed by atoms with van der Waals surface area (Å²) >= 11 is 0. The summed E-state index contributed by atoms with van der Waals surface area (Å²) < 4.78 is 11.3. The molecular weight excluding hydrogens is 314 g/mol. The fourth-order valence-corrected chi connectivity index (χ4v) is 2.22. The third-order valence-electron chi connectivity index (χ3n) is 3.48. The molecule has 1 heterocycles. The van der Waals surface area contributed by atoms with E-state index in [4.69, 9.17) is 9.47 Å². The van der Waals surface area contributed by atoms with E-state index in [0.29, 0.717) is 23.9 Å². The zero-order chi connectivity index (χ0) is 17.3. The highest BCUT2D eigenvalue weighted by molar-refractivity contribution is 5.81. The summed E-state index contributed by atoms with van der Waals surface area (Å²) in [6, 6.07) is 21.3. The highest BCUT2D eigenvalue weighted by atomic mass is 16.5. The average molecular weight is 333 g/mol. The van der Waals surface area contributed by atoms with Crippen molar-refractivity contribution in [3.63, 3.8) is 0 Å². The fourth-order valence-electron chi connectivity index (χ4n) is 2.22. The van der Waals surface area contributed by atoms with Crippen molar-refractivity contribution in [3.05, 3.63) is 84.1 Å². The van der Waals surface area contributed by atoms with Crippen LogP contribution < -0.4 is 14.9 Å². The van der Waals surface area contributed by atoms with Crippen LogP contribution in [0.1, 0.15) is 11.1 Å². The summed E-state index contributed by atoms with van der Waals surface area (Å²) in [5.74, 6) is 2.05. The molecule has 0 aliphatic rings. The third-order valence-corrected chi connectivity index (χ3v) is 3.48. The van der Waals surface area contributed by atoms with Crippen LogP contribution in [-0.4, -0.2) is 18.3 Å². The standard InChI is InChI=1S/C20H19N3O2/c1-24-18-11-10-17(14-22-23-20-9-5-6-12-21-20)13-19(18)25-15-16-7-3-2-4-8-16/h2-14H,15H2,1H3,(H,21,23)/b22-14+. The van der Waals surface area contributed by atoms with E-state index in [1.54, 1.807) is 19.5 Å². The zero-order valence-electron chi connectivity index (χ0n) is 13.9. The van der Waals surface area contributed by atoms with Gasteiger partial charge in [0.15, 0.2) is 11.5 Å². The van der Waals surface area contributed by atoms with Gasteiger partial charge in [-0.25, -0.2) is 4.98 Å². The number of methoxy groups -OCH3 is 1. The van der Waals surface area contributed by atoms with E-state index in [2.05, 4.69) is 15.5 Å². The first kappa shape index (κ1) is 16.5. The first-order valence-corrected chi connectivity index (χ1v) is 7.90. The molecule has 126 valence electrons. The topological polar surface area (TPSA) is 55.7 Å². The smallest absolute Gasteiger partial charge is 0.162 e. The van der Waals surface area contributed by atoms with E-state index >= 15 is 0 Å². The van der Waals surface area contributed by atoms with Gasteiger partial charge in [0.05, 0.1) is 13.3 Å². The summed E-state index contributed by atoms with van der Waals surface area (Å²) in [5, 5.41) is 4.19. The van der Waals surface area contributed by atoms with Crippen molar-refractivity contribution in [2.75, 3.05) is 12.5 Å². The van der Waals surface area contributed by atoms with E-state index in [1.807, 2.05) is 66.7 Å². The Balaban J connectivity index is 1.68. The Morgan fingerprint density at radius 1 is 1.00 bits per heavy atom. The van der Waals surface area contributed by atoms with Crippen LogP contribution in [0.15, 0.2) is 78.0 Å². The SMILES string of the molecule is COc1ccc(/C=N/Nc2ccccn2)cc1OCc1ccccc1. The minimum atomic E-state index is 0.476. The lowest BCUT2D eigenvalue weighted by Crippen LogP contribution is -1.99. The second-order valence-corrected chi connectivity index (χ2v) is 5.27. The normalized spacial score (nSPS) is 10.6. The molecule has 5 heteroatoms. The number of aromatic nitrogens is 1. The second kappa shape index (κ2) is 8.49. The molecule has 0 unspecified atom stereocenters. The minimum absolute atomic E-state index is 0.476. The molecule has 1 N–H and O–H groups in total. The molecule has 2 aromatic carbocycles. The van der Waals surface area contributed by atoms with Crippen LogP contribution in [0.4, 0.5) is 5.82 Å². The molecule has 5 nitrogen and oxygen atoms in total. The molecule has 0 aliphatic heterocycles. The molecule has 0 spiro atoms. The monoisotopic (exact) mass is 333 g/mol. The molecule has 0 aliphatic carbocycles. The molecule has 1 aromatic heterocycles. The van der Waals surface area contributed by atoms with E-state index < -0.39 is 0 Å². The molecule has 0 saturated carbocycles. The van der Waals surface area contributed by atoms with Gasteiger partial charge < -0.3 is 9.47 Å². The number of hydrogen-bond donors (Lipinski definition) is 1. The summed E-state index contributed by atoms with van der Waals surface area (Å²) in [6.07, 6.45) is 3.42. The maximum absolute atomic E-state index is 5.90. The Kier molecular flexibility index (Phi) is 5.61. The number of rotatable bonds is 7. The largest absolute Gasteiger partial charge is 0.493 e. The lowest BCUT2D eigenvalue weighted by atomic mass is 10.2. The number of hydrazone groups is 1. The van der Waals surface area contributed by atoms with Gasteiger partial charge in [0.25, 0.3) is 0 Å². The second-order valence-electron chi connectivity index (χ2n) is 5.27. The number of benzene rings is 2. The van der Waals surface area contributed by atoms with Crippen LogP contribution in [-0.2, 0) is 6.61 Å². The van der Waals surface area contributed by atoms with E-state index in [0.717, 1.165) is 11.1 Å². The molecule has 3 rings (SSSR count). The van der Waals surface area contributed by atoms with Crippen LogP contribution in [0.25, 0.3) is 0 Å². The van der Waals surface area contributed by atoms with Gasteiger partial charge in [-0.1, -0.05) is 36.4 Å². The Bertz CT molecular complexity index is 821. The Morgan fingerprint density at radius 3 is 2.60 bits per heavy atom. The highest BCUT2D eigenvalue weighted by Gasteiger charge is 2.05. The van der Waals surface area contributed by atoms with Gasteiger partial charge in [-0.05, 0) is 41.5 Å². The maximum atomic E-state index is 5.90. The lowest BCUT2D eigenvalue weighted by molar-refractivity contribution is 0.284. The van der Waals surface area contributed by atoms with Gasteiger partial charge in [0.2, 0.25) is 0 Å². The van der Waals surface area contributed by atoms with Crippen LogP contribution in [0.2, 0.25) is 0 Å².